The van der Waals surface area contributed by atoms with Gasteiger partial charge >= 0.3 is 11.9 Å². The van der Waals surface area contributed by atoms with Crippen LogP contribution in [-0.2, 0) is 14.3 Å². The molecule has 28 heavy (non-hydrogen) atoms. The number of hydrogen-bond donors (Lipinski definition) is 1. The Labute approximate surface area is 173 Å². The van der Waals surface area contributed by atoms with Crippen molar-refractivity contribution in [1.29, 1.82) is 0 Å². The molecule has 0 spiro atoms. The van der Waals surface area contributed by atoms with E-state index in [0.29, 0.717) is 12.8 Å². The summed E-state index contributed by atoms with van der Waals surface area (Å²) in [6.45, 7) is 4.36. The molecule has 0 aromatic rings. The molecule has 0 aromatic heterocycles. The zero-order chi connectivity index (χ0) is 20.9. The number of aliphatic carboxylic acids is 1. The van der Waals surface area contributed by atoms with Crippen molar-refractivity contribution in [3.63, 3.8) is 0 Å². The van der Waals surface area contributed by atoms with Gasteiger partial charge in [0.25, 0.3) is 0 Å². The predicted molar refractivity (Wildman–Crippen MR) is 117 cm³/mol. The molecule has 0 aliphatic carbocycles. The van der Waals surface area contributed by atoms with E-state index in [1.807, 2.05) is 0 Å². The fourth-order valence-electron chi connectivity index (χ4n) is 3.59. The SMILES string of the molecule is CCCCCCCCCCCCCC(=O)OC(CCC)CCCCCC(=O)O. The number of esters is 1. The molecule has 0 amide bonds. The Kier molecular flexibility index (Phi) is 19.9. The van der Waals surface area contributed by atoms with Crippen LogP contribution in [0.1, 0.15) is 136 Å². The Hall–Kier alpha value is -1.06. The molecule has 1 N–H and O–H groups in total. The molecule has 0 saturated heterocycles. The molecular formula is C24H46O4. The lowest BCUT2D eigenvalue weighted by Crippen LogP contribution is -2.18. The topological polar surface area (TPSA) is 63.6 Å². The summed E-state index contributed by atoms with van der Waals surface area (Å²) in [6, 6.07) is 0. The summed E-state index contributed by atoms with van der Waals surface area (Å²) >= 11 is 0. The first-order chi connectivity index (χ1) is 13.6. The molecule has 0 fully saturated rings. The monoisotopic (exact) mass is 398 g/mol. The van der Waals surface area contributed by atoms with Crippen LogP contribution in [0.25, 0.3) is 0 Å². The van der Waals surface area contributed by atoms with Gasteiger partial charge in [0, 0.05) is 12.8 Å². The fourth-order valence-corrected chi connectivity index (χ4v) is 3.59. The van der Waals surface area contributed by atoms with Crippen LogP contribution in [0.5, 0.6) is 0 Å². The Morgan fingerprint density at radius 2 is 1.14 bits per heavy atom. The minimum absolute atomic E-state index is 0.00929. The average molecular weight is 399 g/mol. The molecule has 0 heterocycles. The number of carboxylic acids is 1. The van der Waals surface area contributed by atoms with Crippen LogP contribution in [0, 0.1) is 0 Å². The van der Waals surface area contributed by atoms with E-state index in [2.05, 4.69) is 13.8 Å². The van der Waals surface area contributed by atoms with E-state index in [1.54, 1.807) is 0 Å². The van der Waals surface area contributed by atoms with Gasteiger partial charge in [-0.2, -0.15) is 0 Å². The Morgan fingerprint density at radius 1 is 0.643 bits per heavy atom. The normalized spacial score (nSPS) is 12.1. The van der Waals surface area contributed by atoms with Gasteiger partial charge in [-0.3, -0.25) is 9.59 Å². The molecule has 1 atom stereocenters. The van der Waals surface area contributed by atoms with Crippen molar-refractivity contribution in [3.8, 4) is 0 Å². The molecule has 0 bridgehead atoms. The van der Waals surface area contributed by atoms with Gasteiger partial charge < -0.3 is 9.84 Å². The number of carboxylic acid groups (broad SMARTS) is 1. The van der Waals surface area contributed by atoms with Gasteiger partial charge in [-0.25, -0.2) is 0 Å². The first-order valence-corrected chi connectivity index (χ1v) is 12.0. The number of hydrogen-bond acceptors (Lipinski definition) is 3. The van der Waals surface area contributed by atoms with E-state index < -0.39 is 5.97 Å². The second-order valence-corrected chi connectivity index (χ2v) is 8.18. The van der Waals surface area contributed by atoms with Crippen LogP contribution < -0.4 is 0 Å². The lowest BCUT2D eigenvalue weighted by molar-refractivity contribution is -0.150. The molecule has 0 saturated carbocycles. The fraction of sp³-hybridized carbons (Fsp3) is 0.917. The highest BCUT2D eigenvalue weighted by Gasteiger charge is 2.13. The quantitative estimate of drug-likeness (QED) is 0.161. The third kappa shape index (κ3) is 19.7. The third-order valence-electron chi connectivity index (χ3n) is 5.31. The van der Waals surface area contributed by atoms with Gasteiger partial charge in [0.1, 0.15) is 6.10 Å². The zero-order valence-corrected chi connectivity index (χ0v) is 18.7. The largest absolute Gasteiger partial charge is 0.481 e. The van der Waals surface area contributed by atoms with Crippen molar-refractivity contribution < 1.29 is 19.4 Å². The molecule has 0 rings (SSSR count). The van der Waals surface area contributed by atoms with Crippen LogP contribution in [0.4, 0.5) is 0 Å². The number of ether oxygens (including phenoxy) is 1. The summed E-state index contributed by atoms with van der Waals surface area (Å²) in [5.74, 6) is -0.789. The van der Waals surface area contributed by atoms with Crippen LogP contribution >= 0.6 is 0 Å². The molecule has 4 heteroatoms. The van der Waals surface area contributed by atoms with Crippen molar-refractivity contribution in [1.82, 2.24) is 0 Å². The highest BCUT2D eigenvalue weighted by molar-refractivity contribution is 5.69. The van der Waals surface area contributed by atoms with Gasteiger partial charge in [-0.05, 0) is 32.1 Å². The van der Waals surface area contributed by atoms with E-state index in [4.69, 9.17) is 9.84 Å². The van der Waals surface area contributed by atoms with Gasteiger partial charge in [0.2, 0.25) is 0 Å². The maximum atomic E-state index is 12.1. The first-order valence-electron chi connectivity index (χ1n) is 12.0. The smallest absolute Gasteiger partial charge is 0.306 e. The summed E-state index contributed by atoms with van der Waals surface area (Å²) < 4.78 is 5.66. The van der Waals surface area contributed by atoms with Crippen molar-refractivity contribution >= 4 is 11.9 Å². The minimum atomic E-state index is -0.733. The zero-order valence-electron chi connectivity index (χ0n) is 18.7. The summed E-state index contributed by atoms with van der Waals surface area (Å²) in [7, 11) is 0. The maximum Gasteiger partial charge on any atom is 0.306 e. The van der Waals surface area contributed by atoms with Crippen LogP contribution in [0.2, 0.25) is 0 Å². The highest BCUT2D eigenvalue weighted by Crippen LogP contribution is 2.16. The molecule has 4 nitrogen and oxygen atoms in total. The van der Waals surface area contributed by atoms with Crippen LogP contribution in [-0.4, -0.2) is 23.1 Å². The summed E-state index contributed by atoms with van der Waals surface area (Å²) in [5.41, 5.74) is 0. The van der Waals surface area contributed by atoms with Crippen molar-refractivity contribution in [3.05, 3.63) is 0 Å². The summed E-state index contributed by atoms with van der Waals surface area (Å²) in [4.78, 5) is 22.6. The van der Waals surface area contributed by atoms with Crippen molar-refractivity contribution in [2.75, 3.05) is 0 Å². The van der Waals surface area contributed by atoms with E-state index in [0.717, 1.165) is 44.9 Å². The van der Waals surface area contributed by atoms with Crippen molar-refractivity contribution in [2.45, 2.75) is 142 Å². The Balaban J connectivity index is 3.60. The third-order valence-corrected chi connectivity index (χ3v) is 5.31. The number of carbonyl (C=O) groups is 2. The van der Waals surface area contributed by atoms with Gasteiger partial charge in [0.15, 0.2) is 0 Å². The Bertz CT molecular complexity index is 368. The Morgan fingerprint density at radius 3 is 1.68 bits per heavy atom. The molecule has 0 aliphatic rings. The molecule has 0 aromatic carbocycles. The predicted octanol–water partition coefficient (Wildman–Crippen LogP) is 7.43. The molecule has 0 aliphatic heterocycles. The lowest BCUT2D eigenvalue weighted by atomic mass is 10.0. The highest BCUT2D eigenvalue weighted by atomic mass is 16.5. The molecular weight excluding hydrogens is 352 g/mol. The van der Waals surface area contributed by atoms with E-state index in [-0.39, 0.29) is 18.5 Å². The molecule has 1 unspecified atom stereocenters. The summed E-state index contributed by atoms with van der Waals surface area (Å²) in [5, 5.41) is 8.66. The first kappa shape index (κ1) is 26.9. The minimum Gasteiger partial charge on any atom is -0.481 e. The van der Waals surface area contributed by atoms with Gasteiger partial charge in [-0.1, -0.05) is 90.9 Å². The maximum absolute atomic E-state index is 12.1. The average Bonchev–Trinajstić information content (AvgIpc) is 2.65. The van der Waals surface area contributed by atoms with E-state index in [1.165, 1.54) is 57.8 Å². The van der Waals surface area contributed by atoms with Crippen LogP contribution in [0.15, 0.2) is 0 Å². The van der Waals surface area contributed by atoms with Crippen LogP contribution in [0.3, 0.4) is 0 Å². The number of unbranched alkanes of at least 4 members (excludes halogenated alkanes) is 12. The lowest BCUT2D eigenvalue weighted by Gasteiger charge is -2.17. The second-order valence-electron chi connectivity index (χ2n) is 8.18. The number of rotatable bonds is 21. The van der Waals surface area contributed by atoms with Gasteiger partial charge in [0.05, 0.1) is 0 Å². The van der Waals surface area contributed by atoms with E-state index >= 15 is 0 Å². The molecule has 166 valence electrons. The van der Waals surface area contributed by atoms with Crippen molar-refractivity contribution in [2.24, 2.45) is 0 Å². The van der Waals surface area contributed by atoms with Gasteiger partial charge in [-0.15, -0.1) is 0 Å². The summed E-state index contributed by atoms with van der Waals surface area (Å²) in [6.07, 6.45) is 20.2. The number of carbonyl (C=O) groups excluding carboxylic acids is 1. The molecule has 0 radical (unpaired) electrons. The second kappa shape index (κ2) is 20.7. The van der Waals surface area contributed by atoms with E-state index in [9.17, 15) is 9.59 Å². The standard InChI is InChI=1S/C24H46O4/c1-3-5-6-7-8-9-10-11-12-13-17-21-24(27)28-22(18-4-2)19-15-14-16-20-23(25)26/h22H,3-21H2,1-2H3,(H,25,26).